The van der Waals surface area contributed by atoms with Crippen LogP contribution in [0, 0.1) is 11.8 Å². The van der Waals surface area contributed by atoms with Crippen molar-refractivity contribution < 1.29 is 28.6 Å². The summed E-state index contributed by atoms with van der Waals surface area (Å²) in [6.07, 6.45) is 65.4. The Morgan fingerprint density at radius 2 is 0.458 bits per heavy atom. The van der Waals surface area contributed by atoms with E-state index in [9.17, 15) is 14.4 Å². The van der Waals surface area contributed by atoms with Crippen molar-refractivity contribution in [3.05, 3.63) is 0 Å². The molecule has 0 saturated heterocycles. The number of carbonyl (C=O) groups is 3. The zero-order valence-electron chi connectivity index (χ0n) is 49.6. The van der Waals surface area contributed by atoms with Crippen LogP contribution in [0.2, 0.25) is 0 Å². The summed E-state index contributed by atoms with van der Waals surface area (Å²) < 4.78 is 17.0. The molecule has 0 aliphatic rings. The monoisotopic (exact) mass is 1020 g/mol. The van der Waals surface area contributed by atoms with Crippen LogP contribution in [0.3, 0.4) is 0 Å². The minimum atomic E-state index is -0.764. The van der Waals surface area contributed by atoms with E-state index < -0.39 is 6.10 Å². The van der Waals surface area contributed by atoms with E-state index in [2.05, 4.69) is 34.6 Å². The van der Waals surface area contributed by atoms with Crippen LogP contribution >= 0.6 is 0 Å². The molecular weight excluding hydrogens is 889 g/mol. The lowest BCUT2D eigenvalue weighted by atomic mass is 10.0. The Hall–Kier alpha value is -1.59. The second-order valence-electron chi connectivity index (χ2n) is 23.7. The lowest BCUT2D eigenvalue weighted by Gasteiger charge is -2.18. The summed E-state index contributed by atoms with van der Waals surface area (Å²) in [4.78, 5) is 38.3. The normalized spacial score (nSPS) is 12.0. The van der Waals surface area contributed by atoms with Gasteiger partial charge in [0, 0.05) is 19.3 Å². The largest absolute Gasteiger partial charge is 0.462 e. The van der Waals surface area contributed by atoms with Crippen molar-refractivity contribution in [2.24, 2.45) is 11.8 Å². The highest BCUT2D eigenvalue weighted by molar-refractivity contribution is 5.71. The molecule has 0 rings (SSSR count). The summed E-state index contributed by atoms with van der Waals surface area (Å²) >= 11 is 0. The van der Waals surface area contributed by atoms with Gasteiger partial charge in [-0.1, -0.05) is 336 Å². The molecule has 0 saturated carbocycles. The predicted octanol–water partition coefficient (Wildman–Crippen LogP) is 22.0. The molecule has 0 spiro atoms. The second-order valence-corrected chi connectivity index (χ2v) is 23.7. The Morgan fingerprint density at radius 3 is 0.681 bits per heavy atom. The second kappa shape index (κ2) is 58.7. The number of hydrogen-bond acceptors (Lipinski definition) is 6. The fourth-order valence-corrected chi connectivity index (χ4v) is 10.3. The average molecular weight is 1020 g/mol. The molecule has 72 heavy (non-hydrogen) atoms. The van der Waals surface area contributed by atoms with Gasteiger partial charge in [-0.25, -0.2) is 0 Å². The molecule has 0 heterocycles. The van der Waals surface area contributed by atoms with E-state index >= 15 is 0 Å². The van der Waals surface area contributed by atoms with Gasteiger partial charge in [-0.2, -0.15) is 0 Å². The fraction of sp³-hybridized carbons (Fsp3) is 0.955. The van der Waals surface area contributed by atoms with E-state index in [-0.39, 0.29) is 31.1 Å². The molecule has 0 aliphatic heterocycles. The highest BCUT2D eigenvalue weighted by Gasteiger charge is 2.19. The van der Waals surface area contributed by atoms with Crippen molar-refractivity contribution in [3.63, 3.8) is 0 Å². The standard InChI is InChI=1S/C66H128O6/c1-6-7-8-9-10-11-12-13-14-15-19-23-26-33-38-43-48-53-58-66(69)72-63(60-71-65(68)57-52-47-42-37-32-28-27-30-35-40-45-50-55-62(4)5)59-70-64(67)56-51-46-41-36-31-25-22-20-17-16-18-21-24-29-34-39-44-49-54-61(2)3/h61-63H,6-60H2,1-5H3/t63-/m0/s1. The van der Waals surface area contributed by atoms with Crippen molar-refractivity contribution >= 4 is 17.9 Å². The van der Waals surface area contributed by atoms with Crippen molar-refractivity contribution in [2.45, 2.75) is 381 Å². The Labute approximate surface area is 450 Å². The first-order valence-corrected chi connectivity index (χ1v) is 32.7. The van der Waals surface area contributed by atoms with E-state index in [4.69, 9.17) is 14.2 Å². The quantitative estimate of drug-likeness (QED) is 0.0343. The summed E-state index contributed by atoms with van der Waals surface area (Å²) in [5.74, 6) is 0.863. The van der Waals surface area contributed by atoms with Gasteiger partial charge in [0.05, 0.1) is 0 Å². The lowest BCUT2D eigenvalue weighted by molar-refractivity contribution is -0.167. The molecule has 0 amide bonds. The van der Waals surface area contributed by atoms with Crippen LogP contribution in [0.5, 0.6) is 0 Å². The van der Waals surface area contributed by atoms with E-state index in [1.165, 1.54) is 263 Å². The summed E-state index contributed by atoms with van der Waals surface area (Å²) in [6, 6.07) is 0. The van der Waals surface area contributed by atoms with Gasteiger partial charge in [-0.15, -0.1) is 0 Å². The SMILES string of the molecule is CCCCCCCCCCCCCCCCCCCCC(=O)O[C@@H](COC(=O)CCCCCCCCCCCCCCCCCCCCC(C)C)COC(=O)CCCCCCCCCCCCCCC(C)C. The van der Waals surface area contributed by atoms with Crippen molar-refractivity contribution in [1.29, 1.82) is 0 Å². The van der Waals surface area contributed by atoms with Gasteiger partial charge >= 0.3 is 17.9 Å². The van der Waals surface area contributed by atoms with Crippen LogP contribution in [-0.2, 0) is 28.6 Å². The molecule has 0 aromatic carbocycles. The summed E-state index contributed by atoms with van der Waals surface area (Å²) in [5.41, 5.74) is 0. The molecule has 6 heteroatoms. The van der Waals surface area contributed by atoms with Gasteiger partial charge in [-0.05, 0) is 31.1 Å². The number of esters is 3. The Kier molecular flexibility index (Phi) is 57.4. The van der Waals surface area contributed by atoms with Crippen LogP contribution in [0.25, 0.3) is 0 Å². The third-order valence-electron chi connectivity index (χ3n) is 15.2. The number of ether oxygens (including phenoxy) is 3. The third-order valence-corrected chi connectivity index (χ3v) is 15.2. The molecule has 0 unspecified atom stereocenters. The van der Waals surface area contributed by atoms with E-state index in [1.54, 1.807) is 0 Å². The van der Waals surface area contributed by atoms with Gasteiger partial charge in [0.2, 0.25) is 0 Å². The minimum Gasteiger partial charge on any atom is -0.462 e. The third kappa shape index (κ3) is 59.3. The highest BCUT2D eigenvalue weighted by Crippen LogP contribution is 2.19. The van der Waals surface area contributed by atoms with Gasteiger partial charge in [0.25, 0.3) is 0 Å². The number of rotatable bonds is 60. The van der Waals surface area contributed by atoms with Gasteiger partial charge in [0.15, 0.2) is 6.10 Å². The zero-order chi connectivity index (χ0) is 52.5. The number of carbonyl (C=O) groups excluding carboxylic acids is 3. The van der Waals surface area contributed by atoms with Crippen LogP contribution in [0.15, 0.2) is 0 Å². The van der Waals surface area contributed by atoms with E-state index in [0.717, 1.165) is 69.6 Å². The van der Waals surface area contributed by atoms with E-state index in [1.807, 2.05) is 0 Å². The van der Waals surface area contributed by atoms with Crippen LogP contribution in [-0.4, -0.2) is 37.2 Å². The lowest BCUT2D eigenvalue weighted by Crippen LogP contribution is -2.30. The predicted molar refractivity (Wildman–Crippen MR) is 312 cm³/mol. The average Bonchev–Trinajstić information content (AvgIpc) is 3.36. The molecule has 0 aromatic rings. The maximum absolute atomic E-state index is 12.9. The van der Waals surface area contributed by atoms with Crippen molar-refractivity contribution in [3.8, 4) is 0 Å². The minimum absolute atomic E-state index is 0.0617. The Morgan fingerprint density at radius 1 is 0.264 bits per heavy atom. The smallest absolute Gasteiger partial charge is 0.306 e. The maximum Gasteiger partial charge on any atom is 0.306 e. The topological polar surface area (TPSA) is 78.9 Å². The zero-order valence-corrected chi connectivity index (χ0v) is 49.6. The fourth-order valence-electron chi connectivity index (χ4n) is 10.3. The molecule has 6 nitrogen and oxygen atoms in total. The maximum atomic E-state index is 12.9. The van der Waals surface area contributed by atoms with Crippen LogP contribution in [0.4, 0.5) is 0 Å². The van der Waals surface area contributed by atoms with Crippen LogP contribution in [0.1, 0.15) is 375 Å². The summed E-state index contributed by atoms with van der Waals surface area (Å²) in [5, 5.41) is 0. The number of unbranched alkanes of at least 4 members (excludes halogenated alkanes) is 45. The van der Waals surface area contributed by atoms with E-state index in [0.29, 0.717) is 19.3 Å². The van der Waals surface area contributed by atoms with Crippen LogP contribution < -0.4 is 0 Å². The Balaban J connectivity index is 4.26. The molecule has 0 N–H and O–H groups in total. The molecule has 0 aromatic heterocycles. The Bertz CT molecular complexity index is 1100. The first kappa shape index (κ1) is 70.4. The van der Waals surface area contributed by atoms with Gasteiger partial charge in [0.1, 0.15) is 13.2 Å². The molecular formula is C66H128O6. The van der Waals surface area contributed by atoms with Crippen molar-refractivity contribution in [2.75, 3.05) is 13.2 Å². The number of hydrogen-bond donors (Lipinski definition) is 0. The molecule has 1 atom stereocenters. The van der Waals surface area contributed by atoms with Crippen molar-refractivity contribution in [1.82, 2.24) is 0 Å². The molecule has 0 fully saturated rings. The van der Waals surface area contributed by atoms with Gasteiger partial charge < -0.3 is 14.2 Å². The summed E-state index contributed by atoms with van der Waals surface area (Å²) in [6.45, 7) is 11.5. The molecule has 428 valence electrons. The molecule has 0 bridgehead atoms. The molecule has 0 aliphatic carbocycles. The van der Waals surface area contributed by atoms with Gasteiger partial charge in [-0.3, -0.25) is 14.4 Å². The molecule has 0 radical (unpaired) electrons. The summed E-state index contributed by atoms with van der Waals surface area (Å²) in [7, 11) is 0. The highest BCUT2D eigenvalue weighted by atomic mass is 16.6. The first-order valence-electron chi connectivity index (χ1n) is 32.7. The first-order chi connectivity index (χ1) is 35.2.